The molecule has 0 fully saturated rings. The lowest BCUT2D eigenvalue weighted by atomic mass is 10.3. The molecule has 0 bridgehead atoms. The number of Topliss-reactive ketones (excluding diaryl/α,β-unsaturated/α-hetero) is 2. The summed E-state index contributed by atoms with van der Waals surface area (Å²) in [6.45, 7) is 6.22. The Morgan fingerprint density at radius 2 is 1.58 bits per heavy atom. The average molecular weight is 173 g/mol. The van der Waals surface area contributed by atoms with Crippen molar-refractivity contribution in [2.75, 3.05) is 0 Å². The second kappa shape index (κ2) is 7.91. The van der Waals surface area contributed by atoms with Crippen LogP contribution in [0.4, 0.5) is 0 Å². The molecular formula is C8H15NO3. The molecule has 0 saturated heterocycles. The van der Waals surface area contributed by atoms with Crippen molar-refractivity contribution in [3.05, 3.63) is 0 Å². The fourth-order valence-electron chi connectivity index (χ4n) is 0.0704. The highest BCUT2D eigenvalue weighted by atomic mass is 16.4. The van der Waals surface area contributed by atoms with Gasteiger partial charge >= 0.3 is 0 Å². The van der Waals surface area contributed by atoms with Gasteiger partial charge < -0.3 is 10.0 Å². The van der Waals surface area contributed by atoms with E-state index < -0.39 is 0 Å². The number of oxime groups is 1. The van der Waals surface area contributed by atoms with Crippen molar-refractivity contribution in [1.29, 1.82) is 0 Å². The van der Waals surface area contributed by atoms with E-state index >= 15 is 0 Å². The zero-order valence-corrected chi connectivity index (χ0v) is 7.92. The van der Waals surface area contributed by atoms with E-state index in [2.05, 4.69) is 5.16 Å². The second-order valence-electron chi connectivity index (χ2n) is 2.30. The van der Waals surface area contributed by atoms with Gasteiger partial charge in [-0.25, -0.2) is 0 Å². The van der Waals surface area contributed by atoms with Crippen LogP contribution in [-0.2, 0) is 9.59 Å². The number of hydrogen-bond acceptors (Lipinski definition) is 4. The van der Waals surface area contributed by atoms with Crippen LogP contribution in [0.25, 0.3) is 0 Å². The van der Waals surface area contributed by atoms with Gasteiger partial charge in [-0.05, 0) is 13.8 Å². The van der Waals surface area contributed by atoms with Crippen LogP contribution in [0.15, 0.2) is 5.16 Å². The van der Waals surface area contributed by atoms with Crippen molar-refractivity contribution in [2.24, 2.45) is 5.16 Å². The Hall–Kier alpha value is -1.19. The lowest BCUT2D eigenvalue weighted by Gasteiger charge is -1.82. The summed E-state index contributed by atoms with van der Waals surface area (Å²) in [7, 11) is 0. The first-order valence-corrected chi connectivity index (χ1v) is 3.64. The normalized spacial score (nSPS) is 9.83. The number of carbonyl (C=O) groups excluding carboxylic acids is 2. The smallest absolute Gasteiger partial charge is 0.177 e. The highest BCUT2D eigenvalue weighted by Gasteiger charge is 1.94. The molecule has 0 aliphatic heterocycles. The van der Waals surface area contributed by atoms with E-state index in [9.17, 15) is 9.59 Å². The summed E-state index contributed by atoms with van der Waals surface area (Å²) in [4.78, 5) is 19.9. The third kappa shape index (κ3) is 11.6. The van der Waals surface area contributed by atoms with Crippen LogP contribution in [0, 0.1) is 0 Å². The van der Waals surface area contributed by atoms with Gasteiger partial charge in [0.05, 0.1) is 0 Å². The molecule has 0 atom stereocenters. The first-order chi connectivity index (χ1) is 5.45. The summed E-state index contributed by atoms with van der Waals surface area (Å²) in [6, 6.07) is 0. The third-order valence-electron chi connectivity index (χ3n) is 1.16. The van der Waals surface area contributed by atoms with E-state index in [0.717, 1.165) is 0 Å². The molecule has 0 aromatic carbocycles. The Labute approximate surface area is 72.3 Å². The predicted molar refractivity (Wildman–Crippen MR) is 46.5 cm³/mol. The first kappa shape index (κ1) is 13.4. The molecule has 0 unspecified atom stereocenters. The molecule has 0 aromatic heterocycles. The zero-order valence-electron chi connectivity index (χ0n) is 7.92. The van der Waals surface area contributed by atoms with Gasteiger partial charge in [0.2, 0.25) is 0 Å². The quantitative estimate of drug-likeness (QED) is 0.390. The largest absolute Gasteiger partial charge is 0.411 e. The average Bonchev–Trinajstić information content (AvgIpc) is 2.04. The minimum atomic E-state index is -0.206. The van der Waals surface area contributed by atoms with Crippen LogP contribution in [0.2, 0.25) is 0 Å². The molecule has 0 heterocycles. The molecule has 0 rings (SSSR count). The standard InChI is InChI=1S/C4H7NO2.C4H8O/c1-3(5-7)4(2)6;1-3-4(2)5/h7H,1-2H3;3H2,1-2H3/b5-3-;. The van der Waals surface area contributed by atoms with E-state index in [1.54, 1.807) is 6.92 Å². The van der Waals surface area contributed by atoms with Crippen LogP contribution in [0.3, 0.4) is 0 Å². The minimum absolute atomic E-state index is 0.139. The number of ketones is 2. The molecule has 0 radical (unpaired) electrons. The van der Waals surface area contributed by atoms with E-state index in [4.69, 9.17) is 5.21 Å². The Morgan fingerprint density at radius 3 is 1.58 bits per heavy atom. The van der Waals surface area contributed by atoms with Gasteiger partial charge in [-0.15, -0.1) is 0 Å². The molecule has 0 amide bonds. The van der Waals surface area contributed by atoms with Crippen LogP contribution < -0.4 is 0 Å². The van der Waals surface area contributed by atoms with Crippen molar-refractivity contribution in [2.45, 2.75) is 34.1 Å². The van der Waals surface area contributed by atoms with Crippen molar-refractivity contribution in [1.82, 2.24) is 0 Å². The molecule has 70 valence electrons. The van der Waals surface area contributed by atoms with Crippen molar-refractivity contribution in [3.8, 4) is 0 Å². The van der Waals surface area contributed by atoms with Gasteiger partial charge in [-0.3, -0.25) is 4.79 Å². The molecule has 4 heteroatoms. The van der Waals surface area contributed by atoms with Crippen molar-refractivity contribution in [3.63, 3.8) is 0 Å². The van der Waals surface area contributed by atoms with Gasteiger partial charge in [0.25, 0.3) is 0 Å². The molecule has 1 N–H and O–H groups in total. The lowest BCUT2D eigenvalue weighted by molar-refractivity contribution is -0.116. The van der Waals surface area contributed by atoms with E-state index in [-0.39, 0.29) is 17.3 Å². The van der Waals surface area contributed by atoms with E-state index in [1.165, 1.54) is 13.8 Å². The Morgan fingerprint density at radius 1 is 1.25 bits per heavy atom. The van der Waals surface area contributed by atoms with Crippen LogP contribution in [0.5, 0.6) is 0 Å². The SMILES string of the molecule is CC(=O)/C(C)=N\O.CCC(C)=O. The fraction of sp³-hybridized carbons (Fsp3) is 0.625. The maximum absolute atomic E-state index is 10.1. The molecule has 0 aromatic rings. The van der Waals surface area contributed by atoms with Gasteiger partial charge in [0.1, 0.15) is 11.5 Å². The second-order valence-corrected chi connectivity index (χ2v) is 2.30. The predicted octanol–water partition coefficient (Wildman–Crippen LogP) is 1.41. The summed E-state index contributed by atoms with van der Waals surface area (Å²) in [5.41, 5.74) is 0.139. The summed E-state index contributed by atoms with van der Waals surface area (Å²) in [5.74, 6) is 0.0486. The number of hydrogen-bond donors (Lipinski definition) is 1. The lowest BCUT2D eigenvalue weighted by Crippen LogP contribution is -2.02. The van der Waals surface area contributed by atoms with Gasteiger partial charge in [-0.1, -0.05) is 12.1 Å². The van der Waals surface area contributed by atoms with Crippen molar-refractivity contribution >= 4 is 17.3 Å². The Kier molecular flexibility index (Phi) is 8.84. The first-order valence-electron chi connectivity index (χ1n) is 3.64. The maximum atomic E-state index is 10.1. The molecular weight excluding hydrogens is 158 g/mol. The Bertz CT molecular complexity index is 185. The topological polar surface area (TPSA) is 66.7 Å². The molecule has 0 aliphatic rings. The molecule has 0 aliphatic carbocycles. The fourth-order valence-corrected chi connectivity index (χ4v) is 0.0704. The molecule has 0 saturated carbocycles. The molecule has 0 spiro atoms. The number of rotatable bonds is 2. The highest BCUT2D eigenvalue weighted by molar-refractivity contribution is 6.37. The molecule has 4 nitrogen and oxygen atoms in total. The highest BCUT2D eigenvalue weighted by Crippen LogP contribution is 1.73. The monoisotopic (exact) mass is 173 g/mol. The van der Waals surface area contributed by atoms with E-state index in [0.29, 0.717) is 6.42 Å². The van der Waals surface area contributed by atoms with Gasteiger partial charge in [-0.2, -0.15) is 0 Å². The Balaban J connectivity index is 0. The number of carbonyl (C=O) groups is 2. The number of nitrogens with zero attached hydrogens (tertiary/aromatic N) is 1. The van der Waals surface area contributed by atoms with Crippen LogP contribution in [-0.4, -0.2) is 22.5 Å². The summed E-state index contributed by atoms with van der Waals surface area (Å²) >= 11 is 0. The van der Waals surface area contributed by atoms with Gasteiger partial charge in [0.15, 0.2) is 5.78 Å². The zero-order chi connectivity index (χ0) is 10.1. The summed E-state index contributed by atoms with van der Waals surface area (Å²) < 4.78 is 0. The summed E-state index contributed by atoms with van der Waals surface area (Å²) in [5, 5.41) is 10.5. The minimum Gasteiger partial charge on any atom is -0.411 e. The van der Waals surface area contributed by atoms with Crippen molar-refractivity contribution < 1.29 is 14.8 Å². The summed E-state index contributed by atoms with van der Waals surface area (Å²) in [6.07, 6.45) is 0.667. The molecule has 12 heavy (non-hydrogen) atoms. The van der Waals surface area contributed by atoms with Crippen LogP contribution >= 0.6 is 0 Å². The van der Waals surface area contributed by atoms with Crippen LogP contribution in [0.1, 0.15) is 34.1 Å². The third-order valence-corrected chi connectivity index (χ3v) is 1.16. The van der Waals surface area contributed by atoms with Gasteiger partial charge in [0, 0.05) is 13.3 Å². The van der Waals surface area contributed by atoms with E-state index in [1.807, 2.05) is 6.92 Å². The maximum Gasteiger partial charge on any atom is 0.177 e.